The van der Waals surface area contributed by atoms with E-state index in [4.69, 9.17) is 5.26 Å². The highest BCUT2D eigenvalue weighted by Crippen LogP contribution is 2.20. The molecule has 0 aliphatic heterocycles. The summed E-state index contributed by atoms with van der Waals surface area (Å²) in [6.45, 7) is 0. The molecule has 0 saturated carbocycles. The van der Waals surface area contributed by atoms with Crippen molar-refractivity contribution >= 4 is 11.8 Å². The van der Waals surface area contributed by atoms with Crippen molar-refractivity contribution in [2.24, 2.45) is 0 Å². The fourth-order valence-corrected chi connectivity index (χ4v) is 1.48. The summed E-state index contributed by atoms with van der Waals surface area (Å²) in [6.07, 6.45) is 5.03. The molecule has 2 rings (SSSR count). The molecule has 0 saturated heterocycles. The first-order valence-corrected chi connectivity index (χ1v) is 5.38. The second-order valence-corrected chi connectivity index (χ2v) is 3.47. The van der Waals surface area contributed by atoms with Crippen molar-refractivity contribution in [2.45, 2.75) is 5.16 Å². The number of nitriles is 1. The minimum Gasteiger partial charge on any atom is -0.276 e. The normalized spacial score (nSPS) is 9.87. The van der Waals surface area contributed by atoms with Gasteiger partial charge in [-0.05, 0) is 12.3 Å². The molecule has 0 amide bonds. The van der Waals surface area contributed by atoms with Gasteiger partial charge < -0.3 is 0 Å². The first-order valence-electron chi connectivity index (χ1n) is 4.16. The average molecular weight is 217 g/mol. The first kappa shape index (κ1) is 9.68. The fourth-order valence-electron chi connectivity index (χ4n) is 1.14. The maximum atomic E-state index is 8.91. The zero-order chi connectivity index (χ0) is 10.7. The van der Waals surface area contributed by atoms with E-state index in [0.717, 1.165) is 5.69 Å². The van der Waals surface area contributed by atoms with Crippen molar-refractivity contribution in [1.82, 2.24) is 20.2 Å². The lowest BCUT2D eigenvalue weighted by Gasteiger charge is -2.01. The largest absolute Gasteiger partial charge is 0.276 e. The zero-order valence-corrected chi connectivity index (χ0v) is 8.75. The maximum Gasteiger partial charge on any atom is 0.187 e. The van der Waals surface area contributed by atoms with Crippen LogP contribution in [-0.4, -0.2) is 26.4 Å². The lowest BCUT2D eigenvalue weighted by molar-refractivity contribution is 0.960. The lowest BCUT2D eigenvalue weighted by atomic mass is 10.2. The quantitative estimate of drug-likeness (QED) is 0.608. The highest BCUT2D eigenvalue weighted by molar-refractivity contribution is 7.98. The summed E-state index contributed by atoms with van der Waals surface area (Å²) in [5.74, 6) is 0. The van der Waals surface area contributed by atoms with Crippen LogP contribution >= 0.6 is 11.8 Å². The van der Waals surface area contributed by atoms with E-state index in [1.54, 1.807) is 12.3 Å². The van der Waals surface area contributed by atoms with E-state index in [2.05, 4.69) is 26.2 Å². The molecule has 6 heteroatoms. The van der Waals surface area contributed by atoms with Gasteiger partial charge in [0.2, 0.25) is 0 Å². The van der Waals surface area contributed by atoms with Crippen LogP contribution in [0.5, 0.6) is 0 Å². The van der Waals surface area contributed by atoms with Crippen molar-refractivity contribution in [2.75, 3.05) is 6.26 Å². The van der Waals surface area contributed by atoms with Crippen molar-refractivity contribution in [3.8, 4) is 17.5 Å². The molecule has 0 bridgehead atoms. The summed E-state index contributed by atoms with van der Waals surface area (Å²) in [4.78, 5) is 8.30. The summed E-state index contributed by atoms with van der Waals surface area (Å²) in [5.41, 5.74) is 1.76. The number of H-pyrrole nitrogens is 1. The Morgan fingerprint density at radius 2 is 2.40 bits per heavy atom. The van der Waals surface area contributed by atoms with Crippen molar-refractivity contribution < 1.29 is 0 Å². The molecule has 0 spiro atoms. The van der Waals surface area contributed by atoms with Gasteiger partial charge in [-0.1, -0.05) is 11.8 Å². The van der Waals surface area contributed by atoms with E-state index in [1.165, 1.54) is 18.0 Å². The van der Waals surface area contributed by atoms with Gasteiger partial charge in [-0.15, -0.1) is 0 Å². The molecule has 0 aliphatic carbocycles. The van der Waals surface area contributed by atoms with Gasteiger partial charge in [-0.25, -0.2) is 9.97 Å². The van der Waals surface area contributed by atoms with Crippen LogP contribution in [0.15, 0.2) is 23.6 Å². The van der Waals surface area contributed by atoms with Crippen LogP contribution in [0, 0.1) is 11.3 Å². The van der Waals surface area contributed by atoms with Gasteiger partial charge in [0, 0.05) is 12.4 Å². The molecule has 2 heterocycles. The molecule has 74 valence electrons. The Bertz CT molecular complexity index is 500. The van der Waals surface area contributed by atoms with Gasteiger partial charge in [-0.3, -0.25) is 5.10 Å². The number of hydrogen-bond acceptors (Lipinski definition) is 5. The van der Waals surface area contributed by atoms with E-state index in [-0.39, 0.29) is 0 Å². The Balaban J connectivity index is 2.58. The Kier molecular flexibility index (Phi) is 2.65. The Morgan fingerprint density at radius 1 is 1.53 bits per heavy atom. The minimum atomic E-state index is 0.442. The topological polar surface area (TPSA) is 78.2 Å². The molecule has 0 aliphatic rings. The van der Waals surface area contributed by atoms with E-state index < -0.39 is 0 Å². The van der Waals surface area contributed by atoms with E-state index in [1.807, 2.05) is 6.26 Å². The first-order chi connectivity index (χ1) is 7.35. The third kappa shape index (κ3) is 1.82. The van der Waals surface area contributed by atoms with Crippen LogP contribution in [0.1, 0.15) is 5.56 Å². The highest BCUT2D eigenvalue weighted by atomic mass is 32.2. The van der Waals surface area contributed by atoms with Crippen LogP contribution in [-0.2, 0) is 0 Å². The van der Waals surface area contributed by atoms with Gasteiger partial charge in [0.05, 0.1) is 11.3 Å². The number of rotatable bonds is 2. The average Bonchev–Trinajstić information content (AvgIpc) is 2.81. The molecule has 0 atom stereocenters. The molecule has 0 unspecified atom stereocenters. The molecule has 2 aromatic rings. The molecule has 15 heavy (non-hydrogen) atoms. The van der Waals surface area contributed by atoms with Gasteiger partial charge >= 0.3 is 0 Å². The SMILES string of the molecule is CSc1ncc(C#N)c(-c2ccn[nH]2)n1. The van der Waals surface area contributed by atoms with E-state index in [9.17, 15) is 0 Å². The van der Waals surface area contributed by atoms with Crippen molar-refractivity contribution in [1.29, 1.82) is 5.26 Å². The molecule has 0 aromatic carbocycles. The molecule has 0 radical (unpaired) electrons. The van der Waals surface area contributed by atoms with E-state index in [0.29, 0.717) is 16.4 Å². The number of aromatic amines is 1. The molecular formula is C9H7N5S. The monoisotopic (exact) mass is 217 g/mol. The Labute approximate surface area is 90.6 Å². The number of hydrogen-bond donors (Lipinski definition) is 1. The Morgan fingerprint density at radius 3 is 3.00 bits per heavy atom. The zero-order valence-electron chi connectivity index (χ0n) is 7.93. The number of nitrogens with zero attached hydrogens (tertiary/aromatic N) is 4. The van der Waals surface area contributed by atoms with Gasteiger partial charge in [0.1, 0.15) is 11.8 Å². The van der Waals surface area contributed by atoms with Crippen LogP contribution in [0.2, 0.25) is 0 Å². The number of aromatic nitrogens is 4. The molecule has 2 aromatic heterocycles. The summed E-state index contributed by atoms with van der Waals surface area (Å²) in [7, 11) is 0. The van der Waals surface area contributed by atoms with E-state index >= 15 is 0 Å². The second-order valence-electron chi connectivity index (χ2n) is 2.70. The van der Waals surface area contributed by atoms with Crippen molar-refractivity contribution in [3.63, 3.8) is 0 Å². The van der Waals surface area contributed by atoms with Gasteiger partial charge in [-0.2, -0.15) is 10.4 Å². The standard InChI is InChI=1S/C9H7N5S/c1-15-9-11-5-6(4-10)8(13-9)7-2-3-12-14-7/h2-3,5H,1H3,(H,12,14). The minimum absolute atomic E-state index is 0.442. The van der Waals surface area contributed by atoms with Crippen LogP contribution in [0.4, 0.5) is 0 Å². The third-order valence-corrected chi connectivity index (χ3v) is 2.39. The van der Waals surface area contributed by atoms with Crippen LogP contribution in [0.25, 0.3) is 11.4 Å². The lowest BCUT2D eigenvalue weighted by Crippen LogP contribution is -1.94. The third-order valence-electron chi connectivity index (χ3n) is 1.83. The predicted octanol–water partition coefficient (Wildman–Crippen LogP) is 1.46. The van der Waals surface area contributed by atoms with Crippen LogP contribution in [0.3, 0.4) is 0 Å². The second kappa shape index (κ2) is 4.11. The summed E-state index contributed by atoms with van der Waals surface area (Å²) in [5, 5.41) is 16.2. The van der Waals surface area contributed by atoms with Gasteiger partial charge in [0.15, 0.2) is 5.16 Å². The number of nitrogens with one attached hydrogen (secondary N) is 1. The van der Waals surface area contributed by atoms with Crippen LogP contribution < -0.4 is 0 Å². The smallest absolute Gasteiger partial charge is 0.187 e. The summed E-state index contributed by atoms with van der Waals surface area (Å²) >= 11 is 1.43. The molecule has 0 fully saturated rings. The molecule has 5 nitrogen and oxygen atoms in total. The van der Waals surface area contributed by atoms with Gasteiger partial charge in [0.25, 0.3) is 0 Å². The van der Waals surface area contributed by atoms with Crippen molar-refractivity contribution in [3.05, 3.63) is 24.0 Å². The Hall–Kier alpha value is -1.87. The summed E-state index contributed by atoms with van der Waals surface area (Å²) in [6, 6.07) is 3.82. The number of thioether (sulfide) groups is 1. The molecular weight excluding hydrogens is 210 g/mol. The fraction of sp³-hybridized carbons (Fsp3) is 0.111. The highest BCUT2D eigenvalue weighted by Gasteiger charge is 2.09. The maximum absolute atomic E-state index is 8.91. The predicted molar refractivity (Wildman–Crippen MR) is 56.1 cm³/mol. The summed E-state index contributed by atoms with van der Waals surface area (Å²) < 4.78 is 0. The molecule has 1 N–H and O–H groups in total.